The first-order valence-corrected chi connectivity index (χ1v) is 8.10. The summed E-state index contributed by atoms with van der Waals surface area (Å²) in [6.45, 7) is 2.57. The molecule has 0 spiro atoms. The van der Waals surface area contributed by atoms with Crippen molar-refractivity contribution in [2.75, 3.05) is 27.2 Å². The van der Waals surface area contributed by atoms with Crippen LogP contribution in [-0.2, 0) is 16.6 Å². The third-order valence-corrected chi connectivity index (χ3v) is 5.40. The number of aryl methyl sites for hydroxylation is 1. The van der Waals surface area contributed by atoms with Crippen LogP contribution in [0.4, 0.5) is 0 Å². The zero-order chi connectivity index (χ0) is 14.6. The predicted octanol–water partition coefficient (Wildman–Crippen LogP) is 1.09. The Morgan fingerprint density at radius 2 is 2.00 bits per heavy atom. The van der Waals surface area contributed by atoms with Crippen LogP contribution in [0, 0.1) is 6.92 Å². The molecule has 0 aromatic heterocycles. The van der Waals surface area contributed by atoms with E-state index in [0.29, 0.717) is 23.1 Å². The molecular weight excluding hydrogens is 332 g/mol. The molecule has 0 unspecified atom stereocenters. The summed E-state index contributed by atoms with van der Waals surface area (Å²) in [6, 6.07) is 3.23. The molecule has 108 valence electrons. The van der Waals surface area contributed by atoms with Crippen LogP contribution in [0.15, 0.2) is 21.5 Å². The summed E-state index contributed by atoms with van der Waals surface area (Å²) >= 11 is 3.29. The van der Waals surface area contributed by atoms with Gasteiger partial charge in [0.1, 0.15) is 0 Å². The molecule has 0 aliphatic rings. The second kappa shape index (κ2) is 6.81. The van der Waals surface area contributed by atoms with Crippen molar-refractivity contribution in [3.63, 3.8) is 0 Å². The normalized spacial score (nSPS) is 12.1. The number of hydrogen-bond acceptors (Lipinski definition) is 4. The van der Waals surface area contributed by atoms with E-state index in [0.717, 1.165) is 5.56 Å². The Morgan fingerprint density at radius 1 is 1.37 bits per heavy atom. The summed E-state index contributed by atoms with van der Waals surface area (Å²) in [5.41, 5.74) is 1.35. The molecule has 1 rings (SSSR count). The molecule has 0 bridgehead atoms. The minimum atomic E-state index is -3.58. The minimum absolute atomic E-state index is 0.162. The highest BCUT2D eigenvalue weighted by molar-refractivity contribution is 9.10. The van der Waals surface area contributed by atoms with E-state index in [1.54, 1.807) is 13.0 Å². The first-order chi connectivity index (χ1) is 8.77. The van der Waals surface area contributed by atoms with Gasteiger partial charge in [0, 0.05) is 17.6 Å². The molecule has 0 aliphatic carbocycles. The summed E-state index contributed by atoms with van der Waals surface area (Å²) in [7, 11) is 0.175. The van der Waals surface area contributed by atoms with Gasteiger partial charge in [-0.3, -0.25) is 0 Å². The second-order valence-corrected chi connectivity index (χ2v) is 7.11. The Hall–Kier alpha value is -0.470. The van der Waals surface area contributed by atoms with Crippen molar-refractivity contribution in [1.29, 1.82) is 0 Å². The number of aliphatic hydroxyl groups is 1. The number of nitrogens with zero attached hydrogens (tertiary/aromatic N) is 1. The second-order valence-electron chi connectivity index (χ2n) is 4.58. The highest BCUT2D eigenvalue weighted by Crippen LogP contribution is 2.27. The van der Waals surface area contributed by atoms with Gasteiger partial charge in [-0.05, 0) is 54.1 Å². The third kappa shape index (κ3) is 4.54. The van der Waals surface area contributed by atoms with E-state index in [1.807, 2.05) is 19.0 Å². The minimum Gasteiger partial charge on any atom is -0.392 e. The SMILES string of the molecule is Cc1cc(CO)cc(S(=O)(=O)NCCN(C)C)c1Br. The number of rotatable bonds is 6. The number of hydrogen-bond donors (Lipinski definition) is 2. The molecule has 0 aliphatic heterocycles. The largest absolute Gasteiger partial charge is 0.392 e. The maximum absolute atomic E-state index is 12.2. The van der Waals surface area contributed by atoms with E-state index in [9.17, 15) is 8.42 Å². The fourth-order valence-electron chi connectivity index (χ4n) is 1.58. The molecule has 2 N–H and O–H groups in total. The van der Waals surface area contributed by atoms with Gasteiger partial charge in [0.2, 0.25) is 10.0 Å². The molecule has 0 amide bonds. The zero-order valence-corrected chi connectivity index (χ0v) is 13.7. The van der Waals surface area contributed by atoms with E-state index < -0.39 is 10.0 Å². The monoisotopic (exact) mass is 350 g/mol. The smallest absolute Gasteiger partial charge is 0.241 e. The van der Waals surface area contributed by atoms with Crippen LogP contribution >= 0.6 is 15.9 Å². The van der Waals surface area contributed by atoms with Gasteiger partial charge in [0.05, 0.1) is 11.5 Å². The highest BCUT2D eigenvalue weighted by Gasteiger charge is 2.19. The van der Waals surface area contributed by atoms with Gasteiger partial charge in [-0.1, -0.05) is 6.07 Å². The van der Waals surface area contributed by atoms with Crippen molar-refractivity contribution in [3.05, 3.63) is 27.7 Å². The molecule has 0 saturated carbocycles. The summed E-state index contributed by atoms with van der Waals surface area (Å²) in [5, 5.41) is 9.15. The van der Waals surface area contributed by atoms with Crippen LogP contribution in [0.2, 0.25) is 0 Å². The summed E-state index contributed by atoms with van der Waals surface area (Å²) in [4.78, 5) is 2.06. The molecule has 0 radical (unpaired) electrons. The lowest BCUT2D eigenvalue weighted by Crippen LogP contribution is -2.31. The molecule has 0 fully saturated rings. The van der Waals surface area contributed by atoms with Gasteiger partial charge in [0.25, 0.3) is 0 Å². The van der Waals surface area contributed by atoms with Crippen molar-refractivity contribution < 1.29 is 13.5 Å². The van der Waals surface area contributed by atoms with Crippen LogP contribution in [0.5, 0.6) is 0 Å². The van der Waals surface area contributed by atoms with Crippen molar-refractivity contribution in [1.82, 2.24) is 9.62 Å². The Morgan fingerprint density at radius 3 is 2.53 bits per heavy atom. The first-order valence-electron chi connectivity index (χ1n) is 5.82. The molecule has 0 atom stereocenters. The van der Waals surface area contributed by atoms with Gasteiger partial charge < -0.3 is 10.0 Å². The van der Waals surface area contributed by atoms with Crippen LogP contribution < -0.4 is 4.72 Å². The molecule has 1 aromatic rings. The van der Waals surface area contributed by atoms with E-state index in [2.05, 4.69) is 20.7 Å². The topological polar surface area (TPSA) is 69.6 Å². The van der Waals surface area contributed by atoms with Crippen molar-refractivity contribution in [2.24, 2.45) is 0 Å². The number of likely N-dealkylation sites (N-methyl/N-ethyl adjacent to an activating group) is 1. The molecule has 0 saturated heterocycles. The average molecular weight is 351 g/mol. The van der Waals surface area contributed by atoms with Crippen LogP contribution in [0.1, 0.15) is 11.1 Å². The van der Waals surface area contributed by atoms with E-state index >= 15 is 0 Å². The quantitative estimate of drug-likeness (QED) is 0.805. The van der Waals surface area contributed by atoms with Crippen LogP contribution in [-0.4, -0.2) is 45.6 Å². The lowest BCUT2D eigenvalue weighted by molar-refractivity contribution is 0.281. The van der Waals surface area contributed by atoms with E-state index in [-0.39, 0.29) is 11.5 Å². The van der Waals surface area contributed by atoms with Gasteiger partial charge in [-0.25, -0.2) is 13.1 Å². The Balaban J connectivity index is 3.03. The Labute approximate surface area is 122 Å². The van der Waals surface area contributed by atoms with Gasteiger partial charge in [0.15, 0.2) is 0 Å². The van der Waals surface area contributed by atoms with Gasteiger partial charge >= 0.3 is 0 Å². The molecular formula is C12H19BrN2O3S. The van der Waals surface area contributed by atoms with Gasteiger partial charge in [-0.2, -0.15) is 0 Å². The van der Waals surface area contributed by atoms with E-state index in [1.165, 1.54) is 6.07 Å². The average Bonchev–Trinajstić information content (AvgIpc) is 2.31. The van der Waals surface area contributed by atoms with Gasteiger partial charge in [-0.15, -0.1) is 0 Å². The zero-order valence-electron chi connectivity index (χ0n) is 11.3. The number of aliphatic hydroxyl groups excluding tert-OH is 1. The summed E-state index contributed by atoms with van der Waals surface area (Å²) < 4.78 is 27.5. The van der Waals surface area contributed by atoms with Crippen molar-refractivity contribution >= 4 is 26.0 Å². The fourth-order valence-corrected chi connectivity index (χ4v) is 3.66. The lowest BCUT2D eigenvalue weighted by Gasteiger charge is -2.13. The summed E-state index contributed by atoms with van der Waals surface area (Å²) in [6.07, 6.45) is 0. The van der Waals surface area contributed by atoms with E-state index in [4.69, 9.17) is 5.11 Å². The maximum atomic E-state index is 12.2. The molecule has 7 heteroatoms. The predicted molar refractivity (Wildman–Crippen MR) is 78.5 cm³/mol. The number of sulfonamides is 1. The van der Waals surface area contributed by atoms with Crippen molar-refractivity contribution in [2.45, 2.75) is 18.4 Å². The molecule has 1 aromatic carbocycles. The maximum Gasteiger partial charge on any atom is 0.241 e. The number of benzene rings is 1. The standard InChI is InChI=1S/C12H19BrN2O3S/c1-9-6-10(8-16)7-11(12(9)13)19(17,18)14-4-5-15(2)3/h6-7,14,16H,4-5,8H2,1-3H3. The molecule has 19 heavy (non-hydrogen) atoms. The lowest BCUT2D eigenvalue weighted by atomic mass is 10.1. The first kappa shape index (κ1) is 16.6. The summed E-state index contributed by atoms with van der Waals surface area (Å²) in [5.74, 6) is 0. The Kier molecular flexibility index (Phi) is 5.94. The Bertz CT molecular complexity index is 544. The number of halogens is 1. The van der Waals surface area contributed by atoms with Crippen LogP contribution in [0.3, 0.4) is 0 Å². The van der Waals surface area contributed by atoms with Crippen molar-refractivity contribution in [3.8, 4) is 0 Å². The van der Waals surface area contributed by atoms with Crippen LogP contribution in [0.25, 0.3) is 0 Å². The third-order valence-electron chi connectivity index (χ3n) is 2.60. The highest BCUT2D eigenvalue weighted by atomic mass is 79.9. The number of nitrogens with one attached hydrogen (secondary N) is 1. The molecule has 0 heterocycles. The molecule has 5 nitrogen and oxygen atoms in total. The fraction of sp³-hybridized carbons (Fsp3) is 0.500.